The molecule has 4 heterocycles. The lowest BCUT2D eigenvalue weighted by atomic mass is 9.91. The first-order valence-corrected chi connectivity index (χ1v) is 15.2. The van der Waals surface area contributed by atoms with Crippen LogP contribution in [0.4, 0.5) is 0 Å². The molecule has 43 heavy (non-hydrogen) atoms. The van der Waals surface area contributed by atoms with Gasteiger partial charge in [0.1, 0.15) is 11.3 Å². The molecule has 2 aromatic carbocycles. The molecular weight excluding hydrogens is 564 g/mol. The summed E-state index contributed by atoms with van der Waals surface area (Å²) in [5, 5.41) is 20.2. The molecule has 9 nitrogen and oxygen atoms in total. The van der Waals surface area contributed by atoms with Gasteiger partial charge in [-0.05, 0) is 55.0 Å². The van der Waals surface area contributed by atoms with Crippen molar-refractivity contribution in [1.82, 2.24) is 29.5 Å². The van der Waals surface area contributed by atoms with Crippen molar-refractivity contribution in [1.29, 1.82) is 0 Å². The van der Waals surface area contributed by atoms with Gasteiger partial charge in [-0.2, -0.15) is 5.10 Å². The molecule has 0 bridgehead atoms. The molecule has 5 aromatic rings. The van der Waals surface area contributed by atoms with Crippen LogP contribution in [-0.2, 0) is 26.7 Å². The van der Waals surface area contributed by atoms with Crippen molar-refractivity contribution in [3.63, 3.8) is 0 Å². The van der Waals surface area contributed by atoms with E-state index in [0.717, 1.165) is 34.7 Å². The smallest absolute Gasteiger partial charge is 0.281 e. The Hall–Kier alpha value is -3.76. The van der Waals surface area contributed by atoms with Gasteiger partial charge in [0, 0.05) is 55.4 Å². The predicted octanol–water partition coefficient (Wildman–Crippen LogP) is 4.99. The van der Waals surface area contributed by atoms with Crippen molar-refractivity contribution in [2.75, 3.05) is 13.1 Å². The number of rotatable bonds is 9. The predicted molar refractivity (Wildman–Crippen MR) is 167 cm³/mol. The lowest BCUT2D eigenvalue weighted by Gasteiger charge is -2.38. The van der Waals surface area contributed by atoms with Gasteiger partial charge in [0.05, 0.1) is 30.4 Å². The van der Waals surface area contributed by atoms with Crippen LogP contribution in [-0.4, -0.2) is 54.1 Å². The van der Waals surface area contributed by atoms with Crippen LogP contribution in [0.5, 0.6) is 0 Å². The molecule has 2 N–H and O–H groups in total. The maximum Gasteiger partial charge on any atom is 0.281 e. The van der Waals surface area contributed by atoms with Gasteiger partial charge >= 0.3 is 0 Å². The summed E-state index contributed by atoms with van der Waals surface area (Å²) in [7, 11) is 1.84. The number of benzene rings is 2. The molecule has 0 spiro atoms. The highest BCUT2D eigenvalue weighted by Crippen LogP contribution is 2.30. The molecule has 0 radical (unpaired) electrons. The number of aliphatic hydroxyl groups is 1. The molecule has 10 heteroatoms. The minimum absolute atomic E-state index is 0.176. The van der Waals surface area contributed by atoms with Crippen molar-refractivity contribution < 1.29 is 9.52 Å². The summed E-state index contributed by atoms with van der Waals surface area (Å²) in [6.07, 6.45) is 6.79. The first kappa shape index (κ1) is 28.0. The quantitative estimate of drug-likeness (QED) is 0.246. The fraction of sp³-hybridized carbons (Fsp3) is 0.364. The van der Waals surface area contributed by atoms with Crippen molar-refractivity contribution in [3.05, 3.63) is 93.7 Å². The monoisotopic (exact) mass is 598 g/mol. The molecule has 2 aliphatic rings. The number of hydrogen-bond donors (Lipinski definition) is 2. The van der Waals surface area contributed by atoms with E-state index in [0.29, 0.717) is 54.6 Å². The van der Waals surface area contributed by atoms with Crippen LogP contribution in [0.3, 0.4) is 0 Å². The minimum Gasteiger partial charge on any atom is -0.464 e. The van der Waals surface area contributed by atoms with Gasteiger partial charge in [0.25, 0.3) is 5.56 Å². The molecule has 2 fully saturated rings. The number of halogens is 1. The molecular formula is C33H35ClN6O3. The number of fused-ring (bicyclic) bond motifs is 1. The standard InChI is InChI=1S/C33H35ClN6O3/c1-38-31(23-6-4-22(5-7-23)18-35-26-10-11-26)29-30(37-38)32(41)40(21-36-29)20-33(42)12-14-39(15-13-33)19-25-9-8-24(17-27(25)34)28-3-2-16-43-28/h2-9,16-17,21,26,35,42H,10-15,18-20H2,1H3. The Bertz CT molecular complexity index is 1800. The van der Waals surface area contributed by atoms with Gasteiger partial charge in [-0.1, -0.05) is 48.0 Å². The topological polar surface area (TPSA) is 101 Å². The first-order valence-electron chi connectivity index (χ1n) is 14.9. The van der Waals surface area contributed by atoms with E-state index in [1.54, 1.807) is 17.3 Å². The highest BCUT2D eigenvalue weighted by Gasteiger charge is 2.33. The zero-order valence-electron chi connectivity index (χ0n) is 24.2. The van der Waals surface area contributed by atoms with Gasteiger partial charge in [0.2, 0.25) is 0 Å². The summed E-state index contributed by atoms with van der Waals surface area (Å²) in [6.45, 7) is 3.10. The van der Waals surface area contributed by atoms with E-state index < -0.39 is 5.60 Å². The summed E-state index contributed by atoms with van der Waals surface area (Å²) < 4.78 is 8.71. The number of nitrogens with one attached hydrogen (secondary N) is 1. The summed E-state index contributed by atoms with van der Waals surface area (Å²) in [5.41, 5.74) is 4.61. The van der Waals surface area contributed by atoms with E-state index in [1.165, 1.54) is 23.0 Å². The second-order valence-corrected chi connectivity index (χ2v) is 12.4. The molecule has 0 unspecified atom stereocenters. The highest BCUT2D eigenvalue weighted by molar-refractivity contribution is 6.31. The van der Waals surface area contributed by atoms with Crippen molar-refractivity contribution in [2.24, 2.45) is 7.05 Å². The van der Waals surface area contributed by atoms with Crippen LogP contribution in [0.25, 0.3) is 33.6 Å². The van der Waals surface area contributed by atoms with Gasteiger partial charge in [0.15, 0.2) is 5.52 Å². The zero-order valence-corrected chi connectivity index (χ0v) is 24.9. The van der Waals surface area contributed by atoms with E-state index in [2.05, 4.69) is 44.6 Å². The Morgan fingerprint density at radius 3 is 2.53 bits per heavy atom. The van der Waals surface area contributed by atoms with E-state index in [4.69, 9.17) is 16.0 Å². The molecule has 1 aliphatic carbocycles. The Kier molecular flexibility index (Phi) is 7.43. The molecule has 7 rings (SSSR count). The van der Waals surface area contributed by atoms with Gasteiger partial charge in [-0.25, -0.2) is 4.98 Å². The number of likely N-dealkylation sites (tertiary alicyclic amines) is 1. The molecule has 3 aromatic heterocycles. The maximum absolute atomic E-state index is 13.5. The average molecular weight is 599 g/mol. The fourth-order valence-electron chi connectivity index (χ4n) is 5.98. The first-order chi connectivity index (χ1) is 20.8. The summed E-state index contributed by atoms with van der Waals surface area (Å²) in [5.74, 6) is 0.784. The third-order valence-corrected chi connectivity index (χ3v) is 9.07. The Balaban J connectivity index is 1.02. The second-order valence-electron chi connectivity index (χ2n) is 12.0. The van der Waals surface area contributed by atoms with Gasteiger partial charge < -0.3 is 14.8 Å². The number of hydrogen-bond acceptors (Lipinski definition) is 7. The number of aryl methyl sites for hydroxylation is 1. The molecule has 222 valence electrons. The number of piperidine rings is 1. The molecule has 0 amide bonds. The molecule has 1 aliphatic heterocycles. The van der Waals surface area contributed by atoms with Gasteiger partial charge in [-0.3, -0.25) is 18.9 Å². The largest absolute Gasteiger partial charge is 0.464 e. The van der Waals surface area contributed by atoms with Crippen LogP contribution in [0.15, 0.2) is 76.4 Å². The SMILES string of the molecule is Cn1nc2c(=O)n(CC3(O)CCN(Cc4ccc(-c5ccco5)cc4Cl)CC3)cnc2c1-c1ccc(CNC2CC2)cc1. The zero-order chi connectivity index (χ0) is 29.6. The molecule has 1 saturated carbocycles. The Morgan fingerprint density at radius 1 is 1.07 bits per heavy atom. The highest BCUT2D eigenvalue weighted by atomic mass is 35.5. The van der Waals surface area contributed by atoms with Crippen LogP contribution < -0.4 is 10.9 Å². The van der Waals surface area contributed by atoms with Gasteiger partial charge in [-0.15, -0.1) is 0 Å². The number of aromatic nitrogens is 4. The normalized spacial score (nSPS) is 17.1. The van der Waals surface area contributed by atoms with Crippen LogP contribution in [0.1, 0.15) is 36.8 Å². The Morgan fingerprint density at radius 2 is 1.84 bits per heavy atom. The third-order valence-electron chi connectivity index (χ3n) is 8.72. The van der Waals surface area contributed by atoms with Crippen LogP contribution >= 0.6 is 11.6 Å². The van der Waals surface area contributed by atoms with Crippen LogP contribution in [0, 0.1) is 0 Å². The van der Waals surface area contributed by atoms with Crippen LogP contribution in [0.2, 0.25) is 5.02 Å². The van der Waals surface area contributed by atoms with E-state index in [-0.39, 0.29) is 12.1 Å². The van der Waals surface area contributed by atoms with E-state index in [1.807, 2.05) is 37.4 Å². The lowest BCUT2D eigenvalue weighted by Crippen LogP contribution is -2.47. The third kappa shape index (κ3) is 5.90. The molecule has 1 saturated heterocycles. The van der Waals surface area contributed by atoms with E-state index >= 15 is 0 Å². The lowest BCUT2D eigenvalue weighted by molar-refractivity contribution is -0.0364. The fourth-order valence-corrected chi connectivity index (χ4v) is 6.22. The summed E-state index contributed by atoms with van der Waals surface area (Å²) >= 11 is 6.60. The molecule has 0 atom stereocenters. The summed E-state index contributed by atoms with van der Waals surface area (Å²) in [6, 6.07) is 18.7. The minimum atomic E-state index is -1.01. The second kappa shape index (κ2) is 11.4. The Labute approximate surface area is 254 Å². The van der Waals surface area contributed by atoms with Crippen molar-refractivity contribution in [2.45, 2.75) is 57.0 Å². The number of furan rings is 1. The van der Waals surface area contributed by atoms with Crippen molar-refractivity contribution >= 4 is 22.6 Å². The average Bonchev–Trinajstić information content (AvgIpc) is 3.54. The number of nitrogens with zero attached hydrogens (tertiary/aromatic N) is 5. The summed E-state index contributed by atoms with van der Waals surface area (Å²) in [4.78, 5) is 20.4. The maximum atomic E-state index is 13.5. The van der Waals surface area contributed by atoms with Crippen molar-refractivity contribution in [3.8, 4) is 22.6 Å². The van der Waals surface area contributed by atoms with E-state index in [9.17, 15) is 9.90 Å².